The number of thioether (sulfide) groups is 1. The number of nitrogens with zero attached hydrogens (tertiary/aromatic N) is 2. The summed E-state index contributed by atoms with van der Waals surface area (Å²) in [5, 5.41) is 4.13. The average Bonchev–Trinajstić information content (AvgIpc) is 3.01. The molecule has 0 aliphatic rings. The topological polar surface area (TPSA) is 56.1 Å². The molecule has 0 aliphatic heterocycles. The zero-order valence-corrected chi connectivity index (χ0v) is 16.0. The first kappa shape index (κ1) is 18.4. The standard InChI is InChI=1S/C19H18ClN3O2S/c1-23-16(13-6-4-3-5-7-13)11-21-19(23)26-12-18(24)22-15-10-14(20)8-9-17(15)25-2/h3-11H,12H2,1-2H3,(H,22,24). The molecule has 1 N–H and O–H groups in total. The largest absolute Gasteiger partial charge is 0.495 e. The Morgan fingerprint density at radius 1 is 1.27 bits per heavy atom. The minimum absolute atomic E-state index is 0.153. The summed E-state index contributed by atoms with van der Waals surface area (Å²) < 4.78 is 7.22. The van der Waals surface area contributed by atoms with Gasteiger partial charge in [-0.25, -0.2) is 4.98 Å². The number of benzene rings is 2. The van der Waals surface area contributed by atoms with Crippen LogP contribution in [0.15, 0.2) is 59.9 Å². The highest BCUT2D eigenvalue weighted by Gasteiger charge is 2.13. The zero-order chi connectivity index (χ0) is 18.5. The normalized spacial score (nSPS) is 10.6. The van der Waals surface area contributed by atoms with Gasteiger partial charge in [-0.2, -0.15) is 0 Å². The lowest BCUT2D eigenvalue weighted by Crippen LogP contribution is -2.15. The van der Waals surface area contributed by atoms with Crippen molar-refractivity contribution < 1.29 is 9.53 Å². The summed E-state index contributed by atoms with van der Waals surface area (Å²) in [4.78, 5) is 16.7. The molecule has 26 heavy (non-hydrogen) atoms. The van der Waals surface area contributed by atoms with Gasteiger partial charge in [-0.1, -0.05) is 53.7 Å². The first-order valence-electron chi connectivity index (χ1n) is 7.92. The molecule has 0 aliphatic carbocycles. The van der Waals surface area contributed by atoms with Crippen molar-refractivity contribution in [2.45, 2.75) is 5.16 Å². The van der Waals surface area contributed by atoms with Gasteiger partial charge in [0, 0.05) is 12.1 Å². The second-order valence-corrected chi connectivity index (χ2v) is 6.91. The lowest BCUT2D eigenvalue weighted by molar-refractivity contribution is -0.113. The third-order valence-corrected chi connectivity index (χ3v) is 5.06. The van der Waals surface area contributed by atoms with Gasteiger partial charge in [-0.05, 0) is 23.8 Å². The van der Waals surface area contributed by atoms with E-state index >= 15 is 0 Å². The van der Waals surface area contributed by atoms with E-state index in [0.29, 0.717) is 16.5 Å². The minimum Gasteiger partial charge on any atom is -0.495 e. The summed E-state index contributed by atoms with van der Waals surface area (Å²) in [6.07, 6.45) is 1.82. The van der Waals surface area contributed by atoms with Crippen LogP contribution in [0.5, 0.6) is 5.75 Å². The van der Waals surface area contributed by atoms with E-state index in [4.69, 9.17) is 16.3 Å². The molecule has 3 rings (SSSR count). The first-order chi connectivity index (χ1) is 12.6. The molecule has 0 atom stereocenters. The van der Waals surface area contributed by atoms with Crippen LogP contribution in [-0.2, 0) is 11.8 Å². The Balaban J connectivity index is 1.66. The van der Waals surface area contributed by atoms with Crippen LogP contribution >= 0.6 is 23.4 Å². The number of hydrogen-bond acceptors (Lipinski definition) is 4. The smallest absolute Gasteiger partial charge is 0.234 e. The quantitative estimate of drug-likeness (QED) is 0.633. The number of anilines is 1. The molecule has 0 saturated carbocycles. The Labute approximate surface area is 161 Å². The molecule has 7 heteroatoms. The van der Waals surface area contributed by atoms with Crippen LogP contribution in [-0.4, -0.2) is 28.3 Å². The van der Waals surface area contributed by atoms with Gasteiger partial charge in [-0.3, -0.25) is 4.79 Å². The molecule has 0 radical (unpaired) electrons. The molecule has 0 spiro atoms. The predicted octanol–water partition coefficient (Wildman–Crippen LogP) is 4.48. The van der Waals surface area contributed by atoms with Crippen molar-refractivity contribution >= 4 is 35.0 Å². The van der Waals surface area contributed by atoms with Crippen molar-refractivity contribution in [1.29, 1.82) is 0 Å². The van der Waals surface area contributed by atoms with Gasteiger partial charge in [-0.15, -0.1) is 0 Å². The van der Waals surface area contributed by atoms with Gasteiger partial charge in [0.1, 0.15) is 5.75 Å². The molecule has 2 aromatic carbocycles. The number of methoxy groups -OCH3 is 1. The number of ether oxygens (including phenoxy) is 1. The predicted molar refractivity (Wildman–Crippen MR) is 106 cm³/mol. The van der Waals surface area contributed by atoms with Gasteiger partial charge in [0.15, 0.2) is 5.16 Å². The molecule has 1 amide bonds. The third-order valence-electron chi connectivity index (χ3n) is 3.78. The average molecular weight is 388 g/mol. The minimum atomic E-state index is -0.153. The molecular weight excluding hydrogens is 370 g/mol. The summed E-state index contributed by atoms with van der Waals surface area (Å²) in [7, 11) is 3.49. The van der Waals surface area contributed by atoms with Crippen LogP contribution < -0.4 is 10.1 Å². The van der Waals surface area contributed by atoms with Crippen LogP contribution in [0, 0.1) is 0 Å². The number of hydrogen-bond donors (Lipinski definition) is 1. The number of imidazole rings is 1. The maximum atomic E-state index is 12.3. The molecule has 0 bridgehead atoms. The fourth-order valence-electron chi connectivity index (χ4n) is 2.50. The number of nitrogens with one attached hydrogen (secondary N) is 1. The number of carbonyl (C=O) groups is 1. The van der Waals surface area contributed by atoms with Crippen molar-refractivity contribution in [3.05, 3.63) is 59.8 Å². The molecule has 0 saturated heterocycles. The highest BCUT2D eigenvalue weighted by atomic mass is 35.5. The summed E-state index contributed by atoms with van der Waals surface area (Å²) in [5.41, 5.74) is 2.64. The number of carbonyl (C=O) groups excluding carboxylic acids is 1. The van der Waals surface area contributed by atoms with E-state index in [1.54, 1.807) is 25.3 Å². The van der Waals surface area contributed by atoms with Crippen molar-refractivity contribution in [3.63, 3.8) is 0 Å². The van der Waals surface area contributed by atoms with E-state index in [0.717, 1.165) is 16.4 Å². The van der Waals surface area contributed by atoms with E-state index < -0.39 is 0 Å². The second-order valence-electron chi connectivity index (χ2n) is 5.53. The summed E-state index contributed by atoms with van der Waals surface area (Å²) in [6, 6.07) is 15.1. The molecule has 1 aromatic heterocycles. The maximum absolute atomic E-state index is 12.3. The molecule has 5 nitrogen and oxygen atoms in total. The van der Waals surface area contributed by atoms with Crippen molar-refractivity contribution in [3.8, 4) is 17.0 Å². The van der Waals surface area contributed by atoms with E-state index in [1.807, 2.05) is 48.1 Å². The molecule has 134 valence electrons. The van der Waals surface area contributed by atoms with Gasteiger partial charge in [0.25, 0.3) is 0 Å². The lowest BCUT2D eigenvalue weighted by atomic mass is 10.2. The Kier molecular flexibility index (Phi) is 5.85. The maximum Gasteiger partial charge on any atom is 0.234 e. The summed E-state index contributed by atoms with van der Waals surface area (Å²) in [6.45, 7) is 0. The number of halogens is 1. The molecule has 0 fully saturated rings. The first-order valence-corrected chi connectivity index (χ1v) is 9.28. The van der Waals surface area contributed by atoms with Gasteiger partial charge in [0.2, 0.25) is 5.91 Å². The molecule has 0 unspecified atom stereocenters. The van der Waals surface area contributed by atoms with Crippen molar-refractivity contribution in [2.75, 3.05) is 18.2 Å². The Morgan fingerprint density at radius 2 is 2.04 bits per heavy atom. The molecule has 3 aromatic rings. The lowest BCUT2D eigenvalue weighted by Gasteiger charge is -2.10. The second kappa shape index (κ2) is 8.29. The Hall–Kier alpha value is -2.44. The van der Waals surface area contributed by atoms with Gasteiger partial charge < -0.3 is 14.6 Å². The SMILES string of the molecule is COc1ccc(Cl)cc1NC(=O)CSc1ncc(-c2ccccc2)n1C. The van der Waals surface area contributed by atoms with Crippen LogP contribution in [0.2, 0.25) is 5.02 Å². The molecule has 1 heterocycles. The number of rotatable bonds is 6. The summed E-state index contributed by atoms with van der Waals surface area (Å²) in [5.74, 6) is 0.644. The third kappa shape index (κ3) is 4.20. The van der Waals surface area contributed by atoms with Crippen LogP contribution in [0.1, 0.15) is 0 Å². The fraction of sp³-hybridized carbons (Fsp3) is 0.158. The van der Waals surface area contributed by atoms with Crippen LogP contribution in [0.4, 0.5) is 5.69 Å². The van der Waals surface area contributed by atoms with E-state index in [9.17, 15) is 4.79 Å². The Morgan fingerprint density at radius 3 is 2.77 bits per heavy atom. The number of aromatic nitrogens is 2. The van der Waals surface area contributed by atoms with Crippen LogP contribution in [0.3, 0.4) is 0 Å². The van der Waals surface area contributed by atoms with Crippen LogP contribution in [0.25, 0.3) is 11.3 Å². The van der Waals surface area contributed by atoms with Gasteiger partial charge in [0.05, 0.1) is 30.4 Å². The Bertz CT molecular complexity index is 912. The fourth-order valence-corrected chi connectivity index (χ4v) is 3.42. The monoisotopic (exact) mass is 387 g/mol. The highest BCUT2D eigenvalue weighted by Crippen LogP contribution is 2.28. The molecular formula is C19H18ClN3O2S. The number of amides is 1. The summed E-state index contributed by atoms with van der Waals surface area (Å²) >= 11 is 7.36. The van der Waals surface area contributed by atoms with Crippen molar-refractivity contribution in [1.82, 2.24) is 9.55 Å². The van der Waals surface area contributed by atoms with E-state index in [-0.39, 0.29) is 11.7 Å². The zero-order valence-electron chi connectivity index (χ0n) is 14.4. The van der Waals surface area contributed by atoms with Gasteiger partial charge >= 0.3 is 0 Å². The van der Waals surface area contributed by atoms with Crippen molar-refractivity contribution in [2.24, 2.45) is 7.05 Å². The van der Waals surface area contributed by atoms with E-state index in [1.165, 1.54) is 11.8 Å². The highest BCUT2D eigenvalue weighted by molar-refractivity contribution is 7.99. The van der Waals surface area contributed by atoms with E-state index in [2.05, 4.69) is 10.3 Å².